The lowest BCUT2D eigenvalue weighted by Crippen LogP contribution is -2.28. The highest BCUT2D eigenvalue weighted by Crippen LogP contribution is 2.44. The van der Waals surface area contributed by atoms with Crippen molar-refractivity contribution in [1.29, 1.82) is 0 Å². The van der Waals surface area contributed by atoms with Crippen molar-refractivity contribution in [2.75, 3.05) is 5.32 Å². The number of nitrogens with one attached hydrogen (secondary N) is 1. The normalized spacial score (nSPS) is 27.1. The Morgan fingerprint density at radius 1 is 1.19 bits per heavy atom. The first-order valence-electron chi connectivity index (χ1n) is 8.78. The summed E-state index contributed by atoms with van der Waals surface area (Å²) in [6.07, 6.45) is 9.83. The third-order valence-corrected chi connectivity index (χ3v) is 5.12. The molecular weight excluding hydrogens is 258 g/mol. The van der Waals surface area contributed by atoms with Crippen LogP contribution in [-0.4, -0.2) is 12.1 Å². The molecule has 0 aromatic heterocycles. The van der Waals surface area contributed by atoms with Crippen LogP contribution in [0, 0.1) is 11.8 Å². The van der Waals surface area contributed by atoms with E-state index < -0.39 is 0 Å². The van der Waals surface area contributed by atoms with Crippen LogP contribution in [0.1, 0.15) is 58.8 Å². The van der Waals surface area contributed by atoms with E-state index in [0.717, 1.165) is 24.0 Å². The summed E-state index contributed by atoms with van der Waals surface area (Å²) in [5.74, 6) is 3.02. The van der Waals surface area contributed by atoms with E-state index in [1.54, 1.807) is 0 Å². The predicted octanol–water partition coefficient (Wildman–Crippen LogP) is 5.24. The molecule has 21 heavy (non-hydrogen) atoms. The Bertz CT molecular complexity index is 455. The molecule has 0 amide bonds. The molecular formula is C19H29NO. The van der Waals surface area contributed by atoms with E-state index in [-0.39, 0.29) is 6.10 Å². The summed E-state index contributed by atoms with van der Waals surface area (Å²) in [5.41, 5.74) is 1.22. The number of benzene rings is 1. The molecule has 0 heterocycles. The average Bonchev–Trinajstić information content (AvgIpc) is 3.32. The number of rotatable bonds is 6. The van der Waals surface area contributed by atoms with E-state index in [4.69, 9.17) is 4.74 Å². The van der Waals surface area contributed by atoms with Crippen LogP contribution in [0.2, 0.25) is 0 Å². The second kappa shape index (κ2) is 6.72. The monoisotopic (exact) mass is 287 g/mol. The Balaban J connectivity index is 1.57. The van der Waals surface area contributed by atoms with Gasteiger partial charge in [-0.25, -0.2) is 0 Å². The molecule has 0 radical (unpaired) electrons. The molecule has 2 nitrogen and oxygen atoms in total. The van der Waals surface area contributed by atoms with Crippen molar-refractivity contribution in [2.24, 2.45) is 11.8 Å². The van der Waals surface area contributed by atoms with Gasteiger partial charge in [0.25, 0.3) is 0 Å². The molecule has 3 unspecified atom stereocenters. The van der Waals surface area contributed by atoms with Crippen molar-refractivity contribution < 1.29 is 4.74 Å². The minimum atomic E-state index is 0.286. The smallest absolute Gasteiger partial charge is 0.121 e. The molecule has 2 saturated carbocycles. The third-order valence-electron chi connectivity index (χ3n) is 5.12. The van der Waals surface area contributed by atoms with E-state index in [2.05, 4.69) is 43.4 Å². The molecule has 2 heteroatoms. The van der Waals surface area contributed by atoms with E-state index in [9.17, 15) is 0 Å². The van der Waals surface area contributed by atoms with Gasteiger partial charge in [-0.15, -0.1) is 0 Å². The molecule has 2 fully saturated rings. The number of anilines is 1. The lowest BCUT2D eigenvalue weighted by atomic mass is 9.82. The van der Waals surface area contributed by atoms with Crippen LogP contribution in [0.4, 0.5) is 5.69 Å². The second-order valence-corrected chi connectivity index (χ2v) is 6.97. The molecule has 3 atom stereocenters. The van der Waals surface area contributed by atoms with Gasteiger partial charge in [0.15, 0.2) is 0 Å². The Morgan fingerprint density at radius 3 is 2.81 bits per heavy atom. The van der Waals surface area contributed by atoms with Crippen LogP contribution in [0.3, 0.4) is 0 Å². The van der Waals surface area contributed by atoms with Gasteiger partial charge in [0, 0.05) is 17.8 Å². The predicted molar refractivity (Wildman–Crippen MR) is 88.9 cm³/mol. The zero-order chi connectivity index (χ0) is 14.7. The molecule has 1 aromatic carbocycles. The Labute approximate surface area is 129 Å². The molecule has 1 N–H and O–H groups in total. The van der Waals surface area contributed by atoms with E-state index in [1.165, 1.54) is 44.2 Å². The van der Waals surface area contributed by atoms with Gasteiger partial charge < -0.3 is 10.1 Å². The molecule has 116 valence electrons. The maximum Gasteiger partial charge on any atom is 0.121 e. The minimum Gasteiger partial charge on any atom is -0.491 e. The van der Waals surface area contributed by atoms with Crippen LogP contribution < -0.4 is 10.1 Å². The molecule has 0 bridgehead atoms. The van der Waals surface area contributed by atoms with Gasteiger partial charge in [-0.2, -0.15) is 0 Å². The fraction of sp³-hybridized carbons (Fsp3) is 0.684. The van der Waals surface area contributed by atoms with Crippen LogP contribution >= 0.6 is 0 Å². The first-order chi connectivity index (χ1) is 10.2. The Morgan fingerprint density at radius 2 is 2.05 bits per heavy atom. The van der Waals surface area contributed by atoms with Gasteiger partial charge >= 0.3 is 0 Å². The summed E-state index contributed by atoms with van der Waals surface area (Å²) >= 11 is 0. The van der Waals surface area contributed by atoms with Gasteiger partial charge in [-0.1, -0.05) is 25.8 Å². The molecule has 0 aliphatic heterocycles. The molecule has 2 aliphatic rings. The van der Waals surface area contributed by atoms with Crippen molar-refractivity contribution in [3.8, 4) is 5.75 Å². The maximum atomic E-state index is 5.92. The van der Waals surface area contributed by atoms with Gasteiger partial charge in [-0.05, 0) is 63.0 Å². The van der Waals surface area contributed by atoms with Crippen LogP contribution in [0.15, 0.2) is 24.3 Å². The lowest BCUT2D eigenvalue weighted by molar-refractivity contribution is 0.217. The van der Waals surface area contributed by atoms with Gasteiger partial charge in [0.05, 0.1) is 6.10 Å². The number of hydrogen-bond donors (Lipinski definition) is 1. The highest BCUT2D eigenvalue weighted by molar-refractivity contribution is 5.49. The summed E-state index contributed by atoms with van der Waals surface area (Å²) in [6.45, 7) is 4.29. The Kier molecular flexibility index (Phi) is 4.72. The standard InChI is InChI=1S/C19H29NO/c1-3-14(2)21-19-9-5-8-18(13-19)20-17-7-4-6-16(12-17)15-10-11-15/h5,8-9,13-17,20H,3-4,6-7,10-12H2,1-2H3. The first kappa shape index (κ1) is 14.7. The molecule has 2 aliphatic carbocycles. The molecule has 3 rings (SSSR count). The zero-order valence-corrected chi connectivity index (χ0v) is 13.5. The largest absolute Gasteiger partial charge is 0.491 e. The Hall–Kier alpha value is -1.18. The van der Waals surface area contributed by atoms with Crippen molar-refractivity contribution >= 4 is 5.69 Å². The maximum absolute atomic E-state index is 5.92. The van der Waals surface area contributed by atoms with E-state index in [0.29, 0.717) is 6.04 Å². The van der Waals surface area contributed by atoms with Gasteiger partial charge in [0.1, 0.15) is 5.75 Å². The van der Waals surface area contributed by atoms with E-state index in [1.807, 2.05) is 0 Å². The van der Waals surface area contributed by atoms with Crippen molar-refractivity contribution in [1.82, 2.24) is 0 Å². The summed E-state index contributed by atoms with van der Waals surface area (Å²) in [5, 5.41) is 3.75. The van der Waals surface area contributed by atoms with Crippen molar-refractivity contribution in [3.05, 3.63) is 24.3 Å². The summed E-state index contributed by atoms with van der Waals surface area (Å²) < 4.78 is 5.92. The zero-order valence-electron chi connectivity index (χ0n) is 13.5. The fourth-order valence-electron chi connectivity index (χ4n) is 3.57. The molecule has 0 spiro atoms. The highest BCUT2D eigenvalue weighted by Gasteiger charge is 2.34. The van der Waals surface area contributed by atoms with Crippen molar-refractivity contribution in [2.45, 2.75) is 70.9 Å². The SMILES string of the molecule is CCC(C)Oc1cccc(NC2CCCC(C3CC3)C2)c1. The van der Waals surface area contributed by atoms with Gasteiger partial charge in [0.2, 0.25) is 0 Å². The molecule has 0 saturated heterocycles. The lowest BCUT2D eigenvalue weighted by Gasteiger charge is -2.30. The topological polar surface area (TPSA) is 21.3 Å². The fourth-order valence-corrected chi connectivity index (χ4v) is 3.57. The average molecular weight is 287 g/mol. The first-order valence-corrected chi connectivity index (χ1v) is 8.78. The van der Waals surface area contributed by atoms with Crippen LogP contribution in [0.25, 0.3) is 0 Å². The number of hydrogen-bond acceptors (Lipinski definition) is 2. The summed E-state index contributed by atoms with van der Waals surface area (Å²) in [4.78, 5) is 0. The van der Waals surface area contributed by atoms with Gasteiger partial charge in [-0.3, -0.25) is 0 Å². The summed E-state index contributed by atoms with van der Waals surface area (Å²) in [6, 6.07) is 9.15. The van der Waals surface area contributed by atoms with Crippen LogP contribution in [0.5, 0.6) is 5.75 Å². The second-order valence-electron chi connectivity index (χ2n) is 6.97. The third kappa shape index (κ3) is 4.15. The van der Waals surface area contributed by atoms with Crippen LogP contribution in [-0.2, 0) is 0 Å². The number of ether oxygens (including phenoxy) is 1. The quantitative estimate of drug-likeness (QED) is 0.772. The van der Waals surface area contributed by atoms with Crippen molar-refractivity contribution in [3.63, 3.8) is 0 Å². The van der Waals surface area contributed by atoms with E-state index >= 15 is 0 Å². The highest BCUT2D eigenvalue weighted by atomic mass is 16.5. The minimum absolute atomic E-state index is 0.286. The summed E-state index contributed by atoms with van der Waals surface area (Å²) in [7, 11) is 0. The molecule has 1 aromatic rings.